The van der Waals surface area contributed by atoms with Crippen molar-refractivity contribution in [2.24, 2.45) is 0 Å². The highest BCUT2D eigenvalue weighted by Crippen LogP contribution is 2.28. The van der Waals surface area contributed by atoms with Gasteiger partial charge in [-0.05, 0) is 18.2 Å². The minimum atomic E-state index is -1.28. The maximum atomic E-state index is 12.0. The highest BCUT2D eigenvalue weighted by Gasteiger charge is 2.38. The molecule has 1 aromatic carbocycles. The summed E-state index contributed by atoms with van der Waals surface area (Å²) >= 11 is 0. The van der Waals surface area contributed by atoms with E-state index < -0.39 is 17.7 Å². The Balaban J connectivity index is 1.88. The molecule has 0 bridgehead atoms. The number of carbonyl (C=O) groups excluding carboxylic acids is 2. The molecule has 1 saturated heterocycles. The molecule has 1 aliphatic heterocycles. The predicted octanol–water partition coefficient (Wildman–Crippen LogP) is 1.41. The van der Waals surface area contributed by atoms with Gasteiger partial charge in [-0.2, -0.15) is 0 Å². The fourth-order valence-electron chi connectivity index (χ4n) is 2.23. The van der Waals surface area contributed by atoms with Gasteiger partial charge in [-0.3, -0.25) is 4.57 Å². The van der Waals surface area contributed by atoms with Crippen LogP contribution >= 0.6 is 0 Å². The van der Waals surface area contributed by atoms with Crippen molar-refractivity contribution in [1.82, 2.24) is 14.8 Å². The van der Waals surface area contributed by atoms with E-state index in [-0.39, 0.29) is 5.57 Å². The van der Waals surface area contributed by atoms with Gasteiger partial charge < -0.3 is 19.5 Å². The number of anilines is 1. The number of benzene rings is 1. The maximum absolute atomic E-state index is 12.0. The van der Waals surface area contributed by atoms with Crippen LogP contribution in [-0.2, 0) is 19.1 Å². The lowest BCUT2D eigenvalue weighted by Crippen LogP contribution is -2.42. The number of esters is 2. The smallest absolute Gasteiger partial charge is 0.350 e. The largest absolute Gasteiger partial charge is 0.495 e. The van der Waals surface area contributed by atoms with E-state index in [4.69, 9.17) is 14.2 Å². The lowest BCUT2D eigenvalue weighted by molar-refractivity contribution is -0.222. The quantitative estimate of drug-likeness (QED) is 0.504. The van der Waals surface area contributed by atoms with Gasteiger partial charge in [0, 0.05) is 20.0 Å². The summed E-state index contributed by atoms with van der Waals surface area (Å²) in [5, 5.41) is 10.4. The molecule has 1 aromatic heterocycles. The van der Waals surface area contributed by atoms with Crippen LogP contribution in [0.1, 0.15) is 13.8 Å². The van der Waals surface area contributed by atoms with Gasteiger partial charge in [0.1, 0.15) is 18.4 Å². The Morgan fingerprint density at radius 3 is 2.40 bits per heavy atom. The van der Waals surface area contributed by atoms with Crippen molar-refractivity contribution in [3.63, 3.8) is 0 Å². The predicted molar refractivity (Wildman–Crippen MR) is 85.9 cm³/mol. The third kappa shape index (κ3) is 3.44. The minimum absolute atomic E-state index is 0.240. The van der Waals surface area contributed by atoms with E-state index in [1.165, 1.54) is 27.2 Å². The lowest BCUT2D eigenvalue weighted by Gasteiger charge is -2.29. The fourth-order valence-corrected chi connectivity index (χ4v) is 2.23. The lowest BCUT2D eigenvalue weighted by atomic mass is 10.2. The van der Waals surface area contributed by atoms with Gasteiger partial charge in [-0.1, -0.05) is 0 Å². The molecule has 1 fully saturated rings. The van der Waals surface area contributed by atoms with Crippen LogP contribution in [0.3, 0.4) is 0 Å². The van der Waals surface area contributed by atoms with Crippen LogP contribution in [0.4, 0.5) is 5.69 Å². The van der Waals surface area contributed by atoms with Crippen molar-refractivity contribution >= 4 is 17.6 Å². The molecule has 0 saturated carbocycles. The average Bonchev–Trinajstić information content (AvgIpc) is 3.07. The molecule has 1 aliphatic rings. The number of ether oxygens (including phenoxy) is 3. The van der Waals surface area contributed by atoms with Crippen molar-refractivity contribution in [2.45, 2.75) is 19.6 Å². The third-order valence-electron chi connectivity index (χ3n) is 3.39. The monoisotopic (exact) mass is 344 g/mol. The van der Waals surface area contributed by atoms with Gasteiger partial charge in [0.25, 0.3) is 5.79 Å². The first-order chi connectivity index (χ1) is 11.9. The van der Waals surface area contributed by atoms with E-state index in [0.29, 0.717) is 11.4 Å². The molecule has 0 atom stereocenters. The van der Waals surface area contributed by atoms with Crippen LogP contribution in [0.2, 0.25) is 0 Å². The van der Waals surface area contributed by atoms with Crippen LogP contribution < -0.4 is 10.1 Å². The molecule has 9 nitrogen and oxygen atoms in total. The number of carbonyl (C=O) groups is 2. The Morgan fingerprint density at radius 2 is 1.80 bits per heavy atom. The van der Waals surface area contributed by atoms with Crippen molar-refractivity contribution in [3.8, 4) is 11.4 Å². The normalized spacial score (nSPS) is 16.0. The number of nitrogens with one attached hydrogen (secondary N) is 1. The van der Waals surface area contributed by atoms with Gasteiger partial charge in [0.05, 0.1) is 18.5 Å². The summed E-state index contributed by atoms with van der Waals surface area (Å²) in [6.45, 7) is 2.97. The Hall–Kier alpha value is -3.36. The van der Waals surface area contributed by atoms with Crippen molar-refractivity contribution < 1.29 is 23.8 Å². The highest BCUT2D eigenvalue weighted by molar-refractivity contribution is 6.15. The van der Waals surface area contributed by atoms with Crippen LogP contribution in [0.15, 0.2) is 42.6 Å². The first-order valence-corrected chi connectivity index (χ1v) is 7.36. The standard InChI is InChI=1S/C16H16N4O5/c1-16(2)24-14(21)11(15(22)25-16)7-17-12-6-10(4-5-13(12)23-3)20-8-18-19-9-20/h4-9,17H,1-3H3. The summed E-state index contributed by atoms with van der Waals surface area (Å²) in [5.74, 6) is -2.28. The van der Waals surface area contributed by atoms with E-state index in [1.807, 2.05) is 6.07 Å². The third-order valence-corrected chi connectivity index (χ3v) is 3.39. The van der Waals surface area contributed by atoms with Crippen LogP contribution in [-0.4, -0.2) is 39.6 Å². The molecule has 0 aliphatic carbocycles. The van der Waals surface area contributed by atoms with Gasteiger partial charge >= 0.3 is 11.9 Å². The first kappa shape index (κ1) is 16.5. The molecule has 25 heavy (non-hydrogen) atoms. The number of hydrogen-bond acceptors (Lipinski definition) is 8. The number of cyclic esters (lactones) is 2. The zero-order valence-electron chi connectivity index (χ0n) is 13.8. The average molecular weight is 344 g/mol. The number of aromatic nitrogens is 3. The minimum Gasteiger partial charge on any atom is -0.495 e. The fraction of sp³-hybridized carbons (Fsp3) is 0.250. The van der Waals surface area contributed by atoms with Crippen molar-refractivity contribution in [1.29, 1.82) is 0 Å². The Bertz CT molecular complexity index is 820. The number of nitrogens with zero attached hydrogens (tertiary/aromatic N) is 3. The van der Waals surface area contributed by atoms with E-state index in [1.54, 1.807) is 29.4 Å². The molecule has 9 heteroatoms. The maximum Gasteiger partial charge on any atom is 0.350 e. The van der Waals surface area contributed by atoms with Gasteiger partial charge in [0.15, 0.2) is 5.57 Å². The second-order valence-corrected chi connectivity index (χ2v) is 5.63. The molecule has 0 amide bonds. The van der Waals surface area contributed by atoms with Crippen LogP contribution in [0, 0.1) is 0 Å². The summed E-state index contributed by atoms with van der Waals surface area (Å²) in [7, 11) is 1.51. The van der Waals surface area contributed by atoms with E-state index >= 15 is 0 Å². The number of hydrogen-bond donors (Lipinski definition) is 1. The van der Waals surface area contributed by atoms with Crippen molar-refractivity contribution in [2.75, 3.05) is 12.4 Å². The van der Waals surface area contributed by atoms with Gasteiger partial charge in [0.2, 0.25) is 0 Å². The summed E-state index contributed by atoms with van der Waals surface area (Å²) in [5.41, 5.74) is 1.06. The van der Waals surface area contributed by atoms with Gasteiger partial charge in [-0.15, -0.1) is 10.2 Å². The summed E-state index contributed by atoms with van der Waals surface area (Å²) < 4.78 is 17.1. The molecule has 1 N–H and O–H groups in total. The molecular formula is C16H16N4O5. The molecule has 2 heterocycles. The molecule has 0 radical (unpaired) electrons. The van der Waals surface area contributed by atoms with Crippen molar-refractivity contribution in [3.05, 3.63) is 42.6 Å². The molecule has 2 aromatic rings. The zero-order chi connectivity index (χ0) is 18.0. The topological polar surface area (TPSA) is 105 Å². The second kappa shape index (κ2) is 6.27. The molecule has 3 rings (SSSR count). The summed E-state index contributed by atoms with van der Waals surface area (Å²) in [6.07, 6.45) is 4.32. The van der Waals surface area contributed by atoms with Crippen LogP contribution in [0.25, 0.3) is 5.69 Å². The molecule has 0 unspecified atom stereocenters. The number of rotatable bonds is 4. The SMILES string of the molecule is COc1ccc(-n2cnnc2)cc1NC=C1C(=O)OC(C)(C)OC1=O. The zero-order valence-corrected chi connectivity index (χ0v) is 13.8. The van der Waals surface area contributed by atoms with E-state index in [2.05, 4.69) is 15.5 Å². The molecule has 130 valence electrons. The highest BCUT2D eigenvalue weighted by atomic mass is 16.7. The Morgan fingerprint density at radius 1 is 1.16 bits per heavy atom. The van der Waals surface area contributed by atoms with E-state index in [9.17, 15) is 9.59 Å². The Labute approximate surface area is 143 Å². The van der Waals surface area contributed by atoms with Gasteiger partial charge in [-0.25, -0.2) is 9.59 Å². The summed E-state index contributed by atoms with van der Waals surface area (Å²) in [4.78, 5) is 23.9. The number of methoxy groups -OCH3 is 1. The first-order valence-electron chi connectivity index (χ1n) is 7.36. The summed E-state index contributed by atoms with van der Waals surface area (Å²) in [6, 6.07) is 5.30. The van der Waals surface area contributed by atoms with Crippen LogP contribution in [0.5, 0.6) is 5.75 Å². The molecular weight excluding hydrogens is 328 g/mol. The van der Waals surface area contributed by atoms with E-state index in [0.717, 1.165) is 5.69 Å². The Kier molecular flexibility index (Phi) is 4.14. The second-order valence-electron chi connectivity index (χ2n) is 5.63. The molecule has 0 spiro atoms.